The molecule has 12 rings (SSSR count). The maximum Gasteiger partial charge on any atom is 0.170 e. The normalized spacial score (nSPS) is 12.3. The molecule has 0 amide bonds. The van der Waals surface area contributed by atoms with Crippen molar-refractivity contribution in [3.05, 3.63) is 181 Å². The smallest absolute Gasteiger partial charge is 0.170 e. The van der Waals surface area contributed by atoms with Crippen LogP contribution in [0.1, 0.15) is 0 Å². The minimum absolute atomic E-state index is 0.0644. The van der Waals surface area contributed by atoms with E-state index in [0.717, 1.165) is 54.2 Å². The highest BCUT2D eigenvalue weighted by Crippen LogP contribution is 2.49. The third-order valence-electron chi connectivity index (χ3n) is 11.9. The van der Waals surface area contributed by atoms with Gasteiger partial charge in [-0.3, -0.25) is 0 Å². The van der Waals surface area contributed by atoms with Crippen molar-refractivity contribution >= 4 is 86.2 Å². The molecule has 0 radical (unpaired) electrons. The molecule has 0 N–H and O–H groups in total. The fourth-order valence-corrected chi connectivity index (χ4v) is 9.61. The summed E-state index contributed by atoms with van der Waals surface area (Å²) in [7, 11) is 0. The van der Waals surface area contributed by atoms with E-state index in [-0.39, 0.29) is 11.1 Å². The van der Waals surface area contributed by atoms with E-state index in [4.69, 9.17) is 0 Å². The first-order valence-corrected chi connectivity index (χ1v) is 18.6. The third-order valence-corrected chi connectivity index (χ3v) is 11.9. The molecule has 0 saturated carbocycles. The van der Waals surface area contributed by atoms with Crippen LogP contribution in [-0.4, -0.2) is 0 Å². The number of benzene rings is 12. The highest BCUT2D eigenvalue weighted by molar-refractivity contribution is 6.27. The van der Waals surface area contributed by atoms with Crippen molar-refractivity contribution in [2.45, 2.75) is 0 Å². The molecule has 0 bridgehead atoms. The van der Waals surface area contributed by atoms with Gasteiger partial charge in [0.2, 0.25) is 0 Å². The van der Waals surface area contributed by atoms with Crippen molar-refractivity contribution in [3.8, 4) is 33.4 Å². The summed E-state index contributed by atoms with van der Waals surface area (Å²) < 4.78 is 67.1. The van der Waals surface area contributed by atoms with Gasteiger partial charge in [-0.05, 0) is 127 Å². The average Bonchev–Trinajstić information content (AvgIpc) is 3.23. The fraction of sp³-hybridized carbons (Fsp3) is 0. The highest BCUT2D eigenvalue weighted by atomic mass is 19.2. The Hall–Kier alpha value is -7.04. The molecule has 0 aliphatic carbocycles. The van der Waals surface area contributed by atoms with Crippen molar-refractivity contribution in [2.75, 3.05) is 0 Å². The van der Waals surface area contributed by atoms with E-state index >= 15 is 17.6 Å². The lowest BCUT2D eigenvalue weighted by molar-refractivity contribution is 0.463. The molecule has 56 heavy (non-hydrogen) atoms. The zero-order chi connectivity index (χ0) is 37.4. The second kappa shape index (κ2) is 11.2. The average molecular weight is 727 g/mol. The maximum absolute atomic E-state index is 16.9. The lowest BCUT2D eigenvalue weighted by Crippen LogP contribution is -2.05. The SMILES string of the molecule is Fc1c(F)c(-c2c3ccccc3c(-c3cc4ccc5cccc6ccc(c3)c4c56)c3ccccc23)c(F)c(F)c1-c1cc2ccc3cccc4ccc(c1)c2c34. The predicted molar refractivity (Wildman–Crippen MR) is 225 cm³/mol. The van der Waals surface area contributed by atoms with Crippen LogP contribution in [0.5, 0.6) is 0 Å². The van der Waals surface area contributed by atoms with Crippen molar-refractivity contribution in [1.82, 2.24) is 0 Å². The maximum atomic E-state index is 16.9. The van der Waals surface area contributed by atoms with Crippen LogP contribution in [0.25, 0.3) is 120 Å². The Labute approximate surface area is 317 Å². The zero-order valence-electron chi connectivity index (χ0n) is 29.5. The summed E-state index contributed by atoms with van der Waals surface area (Å²) in [4.78, 5) is 0. The van der Waals surface area contributed by atoms with Gasteiger partial charge in [0.1, 0.15) is 0 Å². The standard InChI is InChI=1S/C52H26F4/c53-49-46(36-25-33-21-17-29-9-6-10-30-18-22-34(26-36)44(33)42(29)30)50(54)52(56)48(51(49)55)47-39-13-3-1-11-37(39)45(38-12-2-4-14-40(38)47)35-23-31-19-15-27-7-5-8-28-16-20-32(24-35)43(31)41(27)28/h1-26H. The number of hydrogen-bond acceptors (Lipinski definition) is 0. The first-order valence-electron chi connectivity index (χ1n) is 18.6. The minimum Gasteiger partial charge on any atom is -0.203 e. The van der Waals surface area contributed by atoms with Crippen LogP contribution in [0, 0.1) is 23.3 Å². The number of rotatable bonds is 3. The third kappa shape index (κ3) is 4.13. The molecular weight excluding hydrogens is 701 g/mol. The van der Waals surface area contributed by atoms with E-state index in [2.05, 4.69) is 54.6 Å². The second-order valence-electron chi connectivity index (χ2n) is 14.9. The van der Waals surface area contributed by atoms with Crippen molar-refractivity contribution in [1.29, 1.82) is 0 Å². The second-order valence-corrected chi connectivity index (χ2v) is 14.9. The quantitative estimate of drug-likeness (QED) is 0.0736. The number of halogens is 4. The molecule has 0 spiro atoms. The molecule has 0 saturated heterocycles. The molecule has 0 atom stereocenters. The first kappa shape index (κ1) is 31.3. The van der Waals surface area contributed by atoms with Gasteiger partial charge in [-0.15, -0.1) is 0 Å². The summed E-state index contributed by atoms with van der Waals surface area (Å²) in [6.45, 7) is 0. The summed E-state index contributed by atoms with van der Waals surface area (Å²) in [5.74, 6) is -5.74. The van der Waals surface area contributed by atoms with Gasteiger partial charge in [0.05, 0.1) is 11.1 Å². The molecule has 0 aliphatic rings. The van der Waals surface area contributed by atoms with Gasteiger partial charge >= 0.3 is 0 Å². The van der Waals surface area contributed by atoms with E-state index < -0.39 is 34.4 Å². The van der Waals surface area contributed by atoms with Gasteiger partial charge in [0, 0.05) is 5.56 Å². The van der Waals surface area contributed by atoms with E-state index in [1.54, 1.807) is 36.4 Å². The Morgan fingerprint density at radius 2 is 0.518 bits per heavy atom. The summed E-state index contributed by atoms with van der Waals surface area (Å²) in [6.07, 6.45) is 0. The van der Waals surface area contributed by atoms with Crippen LogP contribution >= 0.6 is 0 Å². The Balaban J connectivity index is 1.11. The predicted octanol–water partition coefficient (Wildman–Crippen LogP) is 15.3. The lowest BCUT2D eigenvalue weighted by Gasteiger charge is -2.20. The zero-order valence-corrected chi connectivity index (χ0v) is 29.5. The summed E-state index contributed by atoms with van der Waals surface area (Å²) in [6, 6.07) is 50.7. The van der Waals surface area contributed by atoms with E-state index in [9.17, 15) is 0 Å². The molecule has 0 nitrogen and oxygen atoms in total. The summed E-state index contributed by atoms with van der Waals surface area (Å²) in [5, 5.41) is 14.8. The van der Waals surface area contributed by atoms with Crippen molar-refractivity contribution in [3.63, 3.8) is 0 Å². The Bertz CT molecular complexity index is 3420. The lowest BCUT2D eigenvalue weighted by atomic mass is 9.83. The molecule has 0 aromatic heterocycles. The van der Waals surface area contributed by atoms with Gasteiger partial charge in [-0.2, -0.15) is 0 Å². The Morgan fingerprint density at radius 3 is 0.893 bits per heavy atom. The van der Waals surface area contributed by atoms with Crippen LogP contribution in [0.2, 0.25) is 0 Å². The monoisotopic (exact) mass is 726 g/mol. The van der Waals surface area contributed by atoms with E-state index in [1.165, 1.54) is 21.5 Å². The van der Waals surface area contributed by atoms with E-state index in [1.807, 2.05) is 66.7 Å². The summed E-state index contributed by atoms with van der Waals surface area (Å²) >= 11 is 0. The molecule has 4 heteroatoms. The fourth-order valence-electron chi connectivity index (χ4n) is 9.61. The number of hydrogen-bond donors (Lipinski definition) is 0. The molecule has 0 unspecified atom stereocenters. The van der Waals surface area contributed by atoms with Gasteiger partial charge in [-0.25, -0.2) is 17.6 Å². The topological polar surface area (TPSA) is 0 Å². The van der Waals surface area contributed by atoms with Gasteiger partial charge in [0.15, 0.2) is 23.3 Å². The van der Waals surface area contributed by atoms with Crippen molar-refractivity contribution in [2.24, 2.45) is 0 Å². The van der Waals surface area contributed by atoms with Crippen molar-refractivity contribution < 1.29 is 17.6 Å². The van der Waals surface area contributed by atoms with Crippen LogP contribution in [0.15, 0.2) is 158 Å². The molecule has 0 aliphatic heterocycles. The van der Waals surface area contributed by atoms with Crippen LogP contribution in [0.3, 0.4) is 0 Å². The van der Waals surface area contributed by atoms with E-state index in [0.29, 0.717) is 21.5 Å². The molecule has 12 aromatic carbocycles. The molecule has 12 aromatic rings. The molecule has 262 valence electrons. The molecule has 0 heterocycles. The van der Waals surface area contributed by atoms with Crippen LogP contribution in [-0.2, 0) is 0 Å². The Morgan fingerprint density at radius 1 is 0.232 bits per heavy atom. The van der Waals surface area contributed by atoms with Crippen LogP contribution in [0.4, 0.5) is 17.6 Å². The first-order chi connectivity index (χ1) is 27.4. The van der Waals surface area contributed by atoms with Gasteiger partial charge in [0.25, 0.3) is 0 Å². The largest absolute Gasteiger partial charge is 0.203 e. The summed E-state index contributed by atoms with van der Waals surface area (Å²) in [5.41, 5.74) is 0.515. The van der Waals surface area contributed by atoms with Gasteiger partial charge in [-0.1, -0.05) is 133 Å². The number of fused-ring (bicyclic) bond motifs is 2. The highest BCUT2D eigenvalue weighted by Gasteiger charge is 2.30. The minimum atomic E-state index is -1.44. The van der Waals surface area contributed by atoms with Crippen LogP contribution < -0.4 is 0 Å². The van der Waals surface area contributed by atoms with Gasteiger partial charge < -0.3 is 0 Å². The Kier molecular flexibility index (Phi) is 6.29. The molecule has 0 fully saturated rings. The molecular formula is C52H26F4.